The maximum absolute atomic E-state index is 6.13. The molecule has 0 radical (unpaired) electrons. The molecule has 0 fully saturated rings. The fourth-order valence-electron chi connectivity index (χ4n) is 9.31. The van der Waals surface area contributed by atoms with E-state index in [1.165, 1.54) is 42.1 Å². The fourth-order valence-corrected chi connectivity index (χ4v) is 10.4. The molecule has 0 atom stereocenters. The molecule has 0 aliphatic heterocycles. The minimum Gasteiger partial charge on any atom is -0.456 e. The number of thiophene rings is 1. The number of nitrogens with zero attached hydrogens (tertiary/aromatic N) is 1. The van der Waals surface area contributed by atoms with E-state index in [9.17, 15) is 0 Å². The molecule has 0 saturated carbocycles. The van der Waals surface area contributed by atoms with E-state index < -0.39 is 0 Å². The van der Waals surface area contributed by atoms with Gasteiger partial charge in [0.05, 0.1) is 0 Å². The summed E-state index contributed by atoms with van der Waals surface area (Å²) in [6.45, 7) is 0. The highest BCUT2D eigenvalue weighted by Gasteiger charge is 2.16. The van der Waals surface area contributed by atoms with Gasteiger partial charge in [-0.05, 0) is 141 Å². The van der Waals surface area contributed by atoms with E-state index >= 15 is 0 Å². The number of hydrogen-bond donors (Lipinski definition) is 0. The van der Waals surface area contributed by atoms with Crippen molar-refractivity contribution >= 4 is 103 Å². The summed E-state index contributed by atoms with van der Waals surface area (Å²) in [4.78, 5) is 2.34. The molecule has 0 saturated heterocycles. The summed E-state index contributed by atoms with van der Waals surface area (Å²) in [5.74, 6) is 0. The maximum Gasteiger partial charge on any atom is 0.135 e. The quantitative estimate of drug-likeness (QED) is 0.168. The first-order valence-corrected chi connectivity index (χ1v) is 21.8. The van der Waals surface area contributed by atoms with E-state index in [4.69, 9.17) is 8.83 Å². The van der Waals surface area contributed by atoms with E-state index in [1.54, 1.807) is 0 Å². The molecule has 4 heteroatoms. The predicted octanol–water partition coefficient (Wildman–Crippen LogP) is 17.5. The lowest BCUT2D eigenvalue weighted by atomic mass is 10.00. The Balaban J connectivity index is 0.878. The first kappa shape index (κ1) is 34.9. The van der Waals surface area contributed by atoms with Crippen molar-refractivity contribution in [3.05, 3.63) is 212 Å². The van der Waals surface area contributed by atoms with Crippen LogP contribution in [0.3, 0.4) is 0 Å². The monoisotopic (exact) mass is 809 g/mol. The van der Waals surface area contributed by atoms with Gasteiger partial charge in [0.15, 0.2) is 0 Å². The second kappa shape index (κ2) is 13.8. The standard InChI is InChI=1S/C58H35NO2S/c1-2-8-40-35-58-52(33-39(40)7-1)51-34-43(21-30-57(51)62-58)38-17-26-46(27-18-38)59(44-22-13-36(14-23-44)41-19-28-55-49(31-41)47-9-3-5-11-53(47)60-55)45-24-15-37(16-25-45)42-20-29-56-50(32-42)48-10-4-6-12-54(48)61-56/h1-35H. The molecule has 0 spiro atoms. The Morgan fingerprint density at radius 1 is 0.274 bits per heavy atom. The van der Waals surface area contributed by atoms with Crippen LogP contribution in [0.5, 0.6) is 0 Å². The van der Waals surface area contributed by atoms with E-state index in [0.717, 1.165) is 83.2 Å². The van der Waals surface area contributed by atoms with Crippen LogP contribution in [-0.2, 0) is 0 Å². The summed E-state index contributed by atoms with van der Waals surface area (Å²) in [5, 5.41) is 9.70. The van der Waals surface area contributed by atoms with Crippen LogP contribution in [-0.4, -0.2) is 0 Å². The smallest absolute Gasteiger partial charge is 0.135 e. The van der Waals surface area contributed by atoms with Gasteiger partial charge in [0.1, 0.15) is 22.3 Å². The van der Waals surface area contributed by atoms with Crippen LogP contribution < -0.4 is 4.90 Å². The van der Waals surface area contributed by atoms with Crippen molar-refractivity contribution in [1.82, 2.24) is 0 Å². The van der Waals surface area contributed by atoms with Crippen LogP contribution in [0.1, 0.15) is 0 Å². The lowest BCUT2D eigenvalue weighted by molar-refractivity contribution is 0.668. The molecule has 3 heterocycles. The summed E-state index contributed by atoms with van der Waals surface area (Å²) in [6.07, 6.45) is 0. The second-order valence-corrected chi connectivity index (χ2v) is 17.2. The van der Waals surface area contributed by atoms with Crippen LogP contribution in [0, 0.1) is 0 Å². The molecule has 290 valence electrons. The summed E-state index contributed by atoms with van der Waals surface area (Å²) < 4.78 is 14.9. The molecular weight excluding hydrogens is 775 g/mol. The largest absolute Gasteiger partial charge is 0.456 e. The van der Waals surface area contributed by atoms with Crippen LogP contribution in [0.15, 0.2) is 221 Å². The molecule has 3 nitrogen and oxygen atoms in total. The Morgan fingerprint density at radius 3 is 1.18 bits per heavy atom. The molecule has 13 aromatic rings. The van der Waals surface area contributed by atoms with Crippen LogP contribution in [0.25, 0.3) is 108 Å². The summed E-state index contributed by atoms with van der Waals surface area (Å²) >= 11 is 1.87. The number of rotatable bonds is 6. The molecule has 0 bridgehead atoms. The van der Waals surface area contributed by atoms with Crippen molar-refractivity contribution in [2.75, 3.05) is 4.90 Å². The lowest BCUT2D eigenvalue weighted by Gasteiger charge is -2.26. The third-order valence-corrected chi connectivity index (χ3v) is 13.6. The SMILES string of the molecule is c1ccc2cc3c(cc2c1)sc1ccc(-c2ccc(N(c4ccc(-c5ccc6oc7ccccc7c6c5)cc4)c4ccc(-c5ccc6oc7ccccc7c6c5)cc4)cc2)cc13. The van der Waals surface area contributed by atoms with Crippen LogP contribution in [0.2, 0.25) is 0 Å². The number of benzene rings is 10. The minimum absolute atomic E-state index is 0.903. The van der Waals surface area contributed by atoms with Gasteiger partial charge in [0, 0.05) is 58.8 Å². The molecular formula is C58H35NO2S. The molecule has 0 amide bonds. The number of anilines is 3. The van der Waals surface area contributed by atoms with E-state index in [0.29, 0.717) is 0 Å². The molecule has 10 aromatic carbocycles. The van der Waals surface area contributed by atoms with Crippen LogP contribution >= 0.6 is 11.3 Å². The van der Waals surface area contributed by atoms with Gasteiger partial charge in [0.2, 0.25) is 0 Å². The second-order valence-electron chi connectivity index (χ2n) is 16.1. The highest BCUT2D eigenvalue weighted by molar-refractivity contribution is 7.25. The van der Waals surface area contributed by atoms with E-state index in [2.05, 4.69) is 193 Å². The highest BCUT2D eigenvalue weighted by Crippen LogP contribution is 2.42. The molecule has 0 N–H and O–H groups in total. The normalized spacial score (nSPS) is 11.9. The van der Waals surface area contributed by atoms with Gasteiger partial charge in [0.25, 0.3) is 0 Å². The number of furan rings is 2. The predicted molar refractivity (Wildman–Crippen MR) is 262 cm³/mol. The number of fused-ring (bicyclic) bond motifs is 10. The van der Waals surface area contributed by atoms with E-state index in [1.807, 2.05) is 35.6 Å². The maximum atomic E-state index is 6.13. The molecule has 0 aliphatic rings. The van der Waals surface area contributed by atoms with Gasteiger partial charge in [-0.15, -0.1) is 11.3 Å². The van der Waals surface area contributed by atoms with Gasteiger partial charge in [-0.25, -0.2) is 0 Å². The van der Waals surface area contributed by atoms with Gasteiger partial charge >= 0.3 is 0 Å². The van der Waals surface area contributed by atoms with Gasteiger partial charge in [-0.3, -0.25) is 0 Å². The molecule has 13 rings (SSSR count). The van der Waals surface area contributed by atoms with Crippen molar-refractivity contribution in [2.45, 2.75) is 0 Å². The van der Waals surface area contributed by atoms with Gasteiger partial charge in [-0.2, -0.15) is 0 Å². The zero-order valence-corrected chi connectivity index (χ0v) is 34.2. The Morgan fingerprint density at radius 2 is 0.661 bits per heavy atom. The zero-order chi connectivity index (χ0) is 40.7. The summed E-state index contributed by atoms with van der Waals surface area (Å²) in [7, 11) is 0. The van der Waals surface area contributed by atoms with Crippen molar-refractivity contribution in [1.29, 1.82) is 0 Å². The summed E-state index contributed by atoms with van der Waals surface area (Å²) in [6, 6.07) is 76.5. The molecule has 3 aromatic heterocycles. The Kier molecular flexibility index (Phi) is 7.78. The first-order valence-electron chi connectivity index (χ1n) is 21.0. The number of para-hydroxylation sites is 2. The van der Waals surface area contributed by atoms with Crippen LogP contribution in [0.4, 0.5) is 17.1 Å². The first-order chi connectivity index (χ1) is 30.7. The average Bonchev–Trinajstić information content (AvgIpc) is 4.02. The number of hydrogen-bond acceptors (Lipinski definition) is 4. The zero-order valence-electron chi connectivity index (χ0n) is 33.4. The molecule has 0 unspecified atom stereocenters. The third-order valence-electron chi connectivity index (χ3n) is 12.5. The fraction of sp³-hybridized carbons (Fsp3) is 0. The third kappa shape index (κ3) is 5.72. The van der Waals surface area contributed by atoms with Gasteiger partial charge in [-0.1, -0.05) is 115 Å². The Hall–Kier alpha value is -7.92. The molecule has 62 heavy (non-hydrogen) atoms. The van der Waals surface area contributed by atoms with Crippen molar-refractivity contribution < 1.29 is 8.83 Å². The average molecular weight is 810 g/mol. The summed E-state index contributed by atoms with van der Waals surface area (Å²) in [5.41, 5.74) is 13.9. The Labute approximate surface area is 360 Å². The highest BCUT2D eigenvalue weighted by atomic mass is 32.1. The van der Waals surface area contributed by atoms with E-state index in [-0.39, 0.29) is 0 Å². The Bertz CT molecular complexity index is 3700. The van der Waals surface area contributed by atoms with Gasteiger partial charge < -0.3 is 13.7 Å². The van der Waals surface area contributed by atoms with Crippen molar-refractivity contribution in [3.8, 4) is 33.4 Å². The van der Waals surface area contributed by atoms with Crippen molar-refractivity contribution in [2.24, 2.45) is 0 Å². The topological polar surface area (TPSA) is 29.5 Å². The van der Waals surface area contributed by atoms with Crippen molar-refractivity contribution in [3.63, 3.8) is 0 Å². The lowest BCUT2D eigenvalue weighted by Crippen LogP contribution is -2.09. The minimum atomic E-state index is 0.903. The molecule has 0 aliphatic carbocycles.